The van der Waals surface area contributed by atoms with E-state index < -0.39 is 53.1 Å². The molecule has 140 valence electrons. The fraction of sp³-hybridized carbons (Fsp3) is 0.417. The maximum Gasteiger partial charge on any atom is 0.272 e. The molecule has 1 aliphatic rings. The van der Waals surface area contributed by atoms with Crippen LogP contribution in [0.25, 0.3) is 0 Å². The van der Waals surface area contributed by atoms with Crippen LogP contribution in [0.3, 0.4) is 0 Å². The zero-order chi connectivity index (χ0) is 19.0. The van der Waals surface area contributed by atoms with E-state index in [1.165, 1.54) is 24.3 Å². The van der Waals surface area contributed by atoms with Crippen LogP contribution in [-0.2, 0) is 24.7 Å². The van der Waals surface area contributed by atoms with Crippen molar-refractivity contribution >= 4 is 76.5 Å². The van der Waals surface area contributed by atoms with E-state index in [4.69, 9.17) is 34.8 Å². The standard InChI is InChI=1S/C12H12BrCl3N2O5S2/c13-7-1-3-8(4-2-7)25(22,23)18-10-6-24(20,21)5-9(10)17-11(19)12(14,15)16/h1-4,9-10,18H,5-6H2,(H,17,19)/t9-,10-/m1/s1. The van der Waals surface area contributed by atoms with E-state index in [0.717, 1.165) is 0 Å². The second kappa shape index (κ2) is 7.49. The lowest BCUT2D eigenvalue weighted by Crippen LogP contribution is -2.53. The Labute approximate surface area is 168 Å². The summed E-state index contributed by atoms with van der Waals surface area (Å²) in [5, 5.41) is 2.26. The van der Waals surface area contributed by atoms with Crippen molar-refractivity contribution in [3.05, 3.63) is 28.7 Å². The van der Waals surface area contributed by atoms with Crippen molar-refractivity contribution in [3.63, 3.8) is 0 Å². The summed E-state index contributed by atoms with van der Waals surface area (Å²) in [6.07, 6.45) is 0. The number of rotatable bonds is 4. The normalized spacial score (nSPS) is 23.4. The lowest BCUT2D eigenvalue weighted by atomic mass is 10.2. The van der Waals surface area contributed by atoms with Crippen LogP contribution < -0.4 is 10.0 Å². The molecule has 7 nitrogen and oxygen atoms in total. The van der Waals surface area contributed by atoms with Crippen molar-refractivity contribution in [2.75, 3.05) is 11.5 Å². The fourth-order valence-corrected chi connectivity index (χ4v) is 5.91. The zero-order valence-corrected chi connectivity index (χ0v) is 17.7. The number of hydrogen-bond acceptors (Lipinski definition) is 5. The van der Waals surface area contributed by atoms with Crippen LogP contribution in [0.1, 0.15) is 0 Å². The summed E-state index contributed by atoms with van der Waals surface area (Å²) in [7, 11) is -7.58. The van der Waals surface area contributed by atoms with E-state index in [2.05, 4.69) is 26.0 Å². The van der Waals surface area contributed by atoms with E-state index in [9.17, 15) is 21.6 Å². The second-order valence-electron chi connectivity index (χ2n) is 5.34. The Balaban J connectivity index is 2.23. The van der Waals surface area contributed by atoms with Crippen LogP contribution in [0.15, 0.2) is 33.6 Å². The molecule has 0 bridgehead atoms. The lowest BCUT2D eigenvalue weighted by molar-refractivity contribution is -0.120. The van der Waals surface area contributed by atoms with Crippen LogP contribution in [0.2, 0.25) is 0 Å². The van der Waals surface area contributed by atoms with Gasteiger partial charge in [0.1, 0.15) is 0 Å². The first-order chi connectivity index (χ1) is 11.3. The van der Waals surface area contributed by atoms with E-state index in [0.29, 0.717) is 4.47 Å². The average molecular weight is 515 g/mol. The largest absolute Gasteiger partial charge is 0.347 e. The van der Waals surface area contributed by atoms with Gasteiger partial charge in [-0.15, -0.1) is 0 Å². The maximum absolute atomic E-state index is 12.4. The molecule has 13 heteroatoms. The number of carbonyl (C=O) groups excluding carboxylic acids is 1. The van der Waals surface area contributed by atoms with Gasteiger partial charge in [-0.2, -0.15) is 0 Å². The summed E-state index contributed by atoms with van der Waals surface area (Å²) in [4.78, 5) is 11.7. The highest BCUT2D eigenvalue weighted by Crippen LogP contribution is 2.27. The molecule has 0 saturated carbocycles. The molecular formula is C12H12BrCl3N2O5S2. The molecule has 1 amide bonds. The number of amides is 1. The Morgan fingerprint density at radius 2 is 1.64 bits per heavy atom. The van der Waals surface area contributed by atoms with E-state index in [1.807, 2.05) is 0 Å². The van der Waals surface area contributed by atoms with Gasteiger partial charge in [0, 0.05) is 4.47 Å². The van der Waals surface area contributed by atoms with Crippen LogP contribution in [0.4, 0.5) is 0 Å². The third kappa shape index (κ3) is 5.69. The predicted molar refractivity (Wildman–Crippen MR) is 99.1 cm³/mol. The van der Waals surface area contributed by atoms with Gasteiger partial charge in [0.05, 0.1) is 28.5 Å². The third-order valence-corrected chi connectivity index (χ3v) is 7.64. The number of benzene rings is 1. The fourth-order valence-electron chi connectivity index (χ4n) is 2.24. The topological polar surface area (TPSA) is 109 Å². The molecule has 1 aromatic rings. The van der Waals surface area contributed by atoms with Crippen molar-refractivity contribution in [2.45, 2.75) is 20.8 Å². The van der Waals surface area contributed by atoms with Gasteiger partial charge in [0.15, 0.2) is 9.84 Å². The molecule has 2 atom stereocenters. The molecule has 1 fully saturated rings. The summed E-state index contributed by atoms with van der Waals surface area (Å²) in [6, 6.07) is 3.62. The van der Waals surface area contributed by atoms with Crippen molar-refractivity contribution in [3.8, 4) is 0 Å². The van der Waals surface area contributed by atoms with Gasteiger partial charge < -0.3 is 5.32 Å². The highest BCUT2D eigenvalue weighted by Gasteiger charge is 2.43. The van der Waals surface area contributed by atoms with Gasteiger partial charge in [-0.3, -0.25) is 4.79 Å². The average Bonchev–Trinajstić information content (AvgIpc) is 2.71. The Hall–Kier alpha value is -0.100. The molecule has 1 aromatic carbocycles. The Bertz CT molecular complexity index is 869. The summed E-state index contributed by atoms with van der Waals surface area (Å²) in [5.41, 5.74) is 0. The van der Waals surface area contributed by atoms with Crippen molar-refractivity contribution in [2.24, 2.45) is 0 Å². The number of alkyl halides is 3. The molecule has 0 spiro atoms. The molecule has 0 unspecified atom stereocenters. The first-order valence-corrected chi connectivity index (χ1v) is 11.9. The molecule has 0 aliphatic carbocycles. The summed E-state index contributed by atoms with van der Waals surface area (Å²) in [5.74, 6) is -1.98. The predicted octanol–water partition coefficient (Wildman–Crippen LogP) is 1.38. The minimum Gasteiger partial charge on any atom is -0.347 e. The number of nitrogens with one attached hydrogen (secondary N) is 2. The van der Waals surface area contributed by atoms with Gasteiger partial charge in [-0.1, -0.05) is 50.7 Å². The molecule has 2 rings (SSSR count). The second-order valence-corrected chi connectivity index (χ2v) is 12.4. The highest BCUT2D eigenvalue weighted by molar-refractivity contribution is 9.10. The number of halogens is 4. The number of sulfonamides is 1. The smallest absolute Gasteiger partial charge is 0.272 e. The summed E-state index contributed by atoms with van der Waals surface area (Å²) in [6.45, 7) is 0. The number of sulfone groups is 1. The number of hydrogen-bond donors (Lipinski definition) is 2. The van der Waals surface area contributed by atoms with Crippen LogP contribution in [-0.4, -0.2) is 50.1 Å². The van der Waals surface area contributed by atoms with Gasteiger partial charge in [0.2, 0.25) is 10.0 Å². The molecule has 25 heavy (non-hydrogen) atoms. The zero-order valence-electron chi connectivity index (χ0n) is 12.2. The Morgan fingerprint density at radius 1 is 1.12 bits per heavy atom. The van der Waals surface area contributed by atoms with E-state index in [1.54, 1.807) is 0 Å². The minimum atomic E-state index is -4.00. The van der Waals surface area contributed by atoms with Gasteiger partial charge in [-0.25, -0.2) is 21.6 Å². The lowest BCUT2D eigenvalue weighted by Gasteiger charge is -2.22. The van der Waals surface area contributed by atoms with Gasteiger partial charge >= 0.3 is 0 Å². The third-order valence-electron chi connectivity index (χ3n) is 3.36. The van der Waals surface area contributed by atoms with Crippen molar-refractivity contribution in [1.29, 1.82) is 0 Å². The van der Waals surface area contributed by atoms with Crippen LogP contribution >= 0.6 is 50.7 Å². The van der Waals surface area contributed by atoms with Gasteiger partial charge in [0.25, 0.3) is 9.70 Å². The SMILES string of the molecule is O=C(N[C@@H]1CS(=O)(=O)C[C@H]1NS(=O)(=O)c1ccc(Br)cc1)C(Cl)(Cl)Cl. The quantitative estimate of drug-likeness (QED) is 0.590. The van der Waals surface area contributed by atoms with Crippen molar-refractivity contribution in [1.82, 2.24) is 10.0 Å². The van der Waals surface area contributed by atoms with Gasteiger partial charge in [-0.05, 0) is 24.3 Å². The summed E-state index contributed by atoms with van der Waals surface area (Å²) < 4.78 is 49.2. The molecule has 2 N–H and O–H groups in total. The van der Waals surface area contributed by atoms with Crippen LogP contribution in [0, 0.1) is 0 Å². The summed E-state index contributed by atoms with van der Waals surface area (Å²) >= 11 is 19.5. The maximum atomic E-state index is 12.4. The molecule has 1 saturated heterocycles. The minimum absolute atomic E-state index is 0.0496. The van der Waals surface area contributed by atoms with Crippen molar-refractivity contribution < 1.29 is 21.6 Å². The Morgan fingerprint density at radius 3 is 2.16 bits per heavy atom. The Kier molecular flexibility index (Phi) is 6.35. The number of carbonyl (C=O) groups is 1. The molecule has 1 heterocycles. The van der Waals surface area contributed by atoms with Crippen LogP contribution in [0.5, 0.6) is 0 Å². The highest BCUT2D eigenvalue weighted by atomic mass is 79.9. The first kappa shape index (κ1) is 21.2. The molecule has 0 radical (unpaired) electrons. The van der Waals surface area contributed by atoms with E-state index in [-0.39, 0.29) is 4.90 Å². The molecule has 0 aromatic heterocycles. The molecular weight excluding hydrogens is 503 g/mol. The van der Waals surface area contributed by atoms with E-state index >= 15 is 0 Å². The first-order valence-electron chi connectivity index (χ1n) is 6.66. The molecule has 1 aliphatic heterocycles. The monoisotopic (exact) mass is 512 g/mol.